The van der Waals surface area contributed by atoms with Gasteiger partial charge in [-0.3, -0.25) is 9.97 Å². The molecule has 3 rings (SSSR count). The number of rotatable bonds is 22. The molecule has 0 spiro atoms. The molecule has 0 bridgehead atoms. The van der Waals surface area contributed by atoms with Crippen LogP contribution in [-0.2, 0) is 0 Å². The lowest BCUT2D eigenvalue weighted by Gasteiger charge is -2.14. The molecule has 0 N–H and O–H groups in total. The van der Waals surface area contributed by atoms with Crippen molar-refractivity contribution in [1.29, 1.82) is 0 Å². The Hall–Kier alpha value is -2.59. The second kappa shape index (κ2) is 20.4. The van der Waals surface area contributed by atoms with Crippen molar-refractivity contribution in [2.24, 2.45) is 11.8 Å². The minimum Gasteiger partial charge on any atom is -0.536 e. The number of unbranched alkanes of at least 4 members (excludes halogenated alkanes) is 2. The van der Waals surface area contributed by atoms with Crippen LogP contribution in [0.1, 0.15) is 119 Å². The van der Waals surface area contributed by atoms with Crippen LogP contribution in [0.25, 0.3) is 22.5 Å². The van der Waals surface area contributed by atoms with Crippen LogP contribution in [-0.4, -0.2) is 39.5 Å². The van der Waals surface area contributed by atoms with Gasteiger partial charge in [0.1, 0.15) is 0 Å². The number of hydrogen-bond acceptors (Lipinski definition) is 6. The number of aromatic nitrogens is 4. The summed E-state index contributed by atoms with van der Waals surface area (Å²) < 4.78 is 12.2. The maximum atomic E-state index is 6.11. The highest BCUT2D eigenvalue weighted by atomic mass is 28.2. The van der Waals surface area contributed by atoms with E-state index in [9.17, 15) is 0 Å². The monoisotopic (exact) mass is 634 g/mol. The third-order valence-corrected chi connectivity index (χ3v) is 11.5. The minimum absolute atomic E-state index is 0.657. The summed E-state index contributed by atoms with van der Waals surface area (Å²) in [5.74, 6) is 3.13. The second-order valence-corrected chi connectivity index (χ2v) is 17.3. The lowest BCUT2D eigenvalue weighted by molar-refractivity contribution is 0.443. The van der Waals surface area contributed by atoms with Crippen molar-refractivity contribution < 1.29 is 8.85 Å². The summed E-state index contributed by atoms with van der Waals surface area (Å²) in [6.45, 7) is 14.0. The van der Waals surface area contributed by atoms with Crippen LogP contribution in [0.5, 0.6) is 11.8 Å². The van der Waals surface area contributed by atoms with Crippen molar-refractivity contribution >= 4 is 19.5 Å². The standard InChI is InChI=1S/C36H58N4O2Si2/c1-7-9-13-27(3)15-11-17-29(5)43-41-35-21-19-31(23-39-35)33-25-38-34(26-37-33)32-20-22-36(40-24-32)42-44-30(6)18-12-16-28(4)14-10-8-2/h19-30H,7-18,43-44H2,1-6H3. The van der Waals surface area contributed by atoms with Crippen LogP contribution in [0.15, 0.2) is 49.1 Å². The Bertz CT molecular complexity index is 1070. The Kier molecular flexibility index (Phi) is 16.7. The van der Waals surface area contributed by atoms with E-state index in [2.05, 4.69) is 61.5 Å². The van der Waals surface area contributed by atoms with Crippen molar-refractivity contribution in [3.8, 4) is 34.3 Å². The van der Waals surface area contributed by atoms with Crippen molar-refractivity contribution in [1.82, 2.24) is 19.9 Å². The maximum absolute atomic E-state index is 6.11. The summed E-state index contributed by atoms with van der Waals surface area (Å²) in [6.07, 6.45) is 23.1. The highest BCUT2D eigenvalue weighted by Crippen LogP contribution is 2.24. The van der Waals surface area contributed by atoms with Crippen LogP contribution >= 0.6 is 0 Å². The molecular weight excluding hydrogens is 577 g/mol. The van der Waals surface area contributed by atoms with Gasteiger partial charge >= 0.3 is 0 Å². The van der Waals surface area contributed by atoms with E-state index in [1.807, 2.05) is 36.7 Å². The Morgan fingerprint density at radius 3 is 1.27 bits per heavy atom. The topological polar surface area (TPSA) is 70.0 Å². The number of hydrogen-bond donors (Lipinski definition) is 0. The van der Waals surface area contributed by atoms with Gasteiger partial charge in [0, 0.05) is 23.5 Å². The molecule has 0 saturated carbocycles. The zero-order valence-corrected chi connectivity index (χ0v) is 31.3. The summed E-state index contributed by atoms with van der Waals surface area (Å²) in [7, 11) is -1.31. The molecule has 6 nitrogen and oxygen atoms in total. The zero-order valence-electron chi connectivity index (χ0n) is 28.4. The van der Waals surface area contributed by atoms with Crippen molar-refractivity contribution in [3.05, 3.63) is 49.1 Å². The van der Waals surface area contributed by atoms with E-state index in [0.717, 1.165) is 46.1 Å². The molecule has 0 fully saturated rings. The number of nitrogens with zero attached hydrogens (tertiary/aromatic N) is 4. The Morgan fingerprint density at radius 2 is 0.932 bits per heavy atom. The van der Waals surface area contributed by atoms with Crippen LogP contribution < -0.4 is 8.85 Å². The fourth-order valence-corrected chi connectivity index (χ4v) is 7.67. The summed E-state index contributed by atoms with van der Waals surface area (Å²) >= 11 is 0. The SMILES string of the molecule is CCCCC(C)CCCC(C)[SiH2]Oc1ccc(-c2cnc(-c3ccc(O[SiH2]C(C)CCCC(C)CCCC)nc3)cn2)cn1. The molecule has 44 heavy (non-hydrogen) atoms. The molecule has 242 valence electrons. The normalized spacial score (nSPS) is 14.7. The third-order valence-electron chi connectivity index (χ3n) is 8.64. The van der Waals surface area contributed by atoms with E-state index in [0.29, 0.717) is 11.1 Å². The van der Waals surface area contributed by atoms with Crippen LogP contribution in [0, 0.1) is 11.8 Å². The fraction of sp³-hybridized carbons (Fsp3) is 0.611. The van der Waals surface area contributed by atoms with Crippen molar-refractivity contribution in [2.75, 3.05) is 0 Å². The van der Waals surface area contributed by atoms with Gasteiger partial charge in [-0.15, -0.1) is 0 Å². The molecule has 3 aromatic rings. The van der Waals surface area contributed by atoms with E-state index < -0.39 is 19.5 Å². The summed E-state index contributed by atoms with van der Waals surface area (Å²) in [4.78, 5) is 18.4. The third kappa shape index (κ3) is 13.6. The largest absolute Gasteiger partial charge is 0.536 e. The van der Waals surface area contributed by atoms with E-state index in [-0.39, 0.29) is 0 Å². The van der Waals surface area contributed by atoms with E-state index in [1.54, 1.807) is 12.4 Å². The predicted molar refractivity (Wildman–Crippen MR) is 191 cm³/mol. The van der Waals surface area contributed by atoms with Gasteiger partial charge < -0.3 is 8.85 Å². The highest BCUT2D eigenvalue weighted by molar-refractivity contribution is 6.30. The first-order valence-electron chi connectivity index (χ1n) is 17.4. The minimum atomic E-state index is -0.657. The summed E-state index contributed by atoms with van der Waals surface area (Å²) in [6, 6.07) is 7.95. The van der Waals surface area contributed by atoms with Gasteiger partial charge in [0.05, 0.1) is 23.8 Å². The predicted octanol–water partition coefficient (Wildman–Crippen LogP) is 9.14. The van der Waals surface area contributed by atoms with Crippen LogP contribution in [0.3, 0.4) is 0 Å². The lowest BCUT2D eigenvalue weighted by Crippen LogP contribution is -2.10. The highest BCUT2D eigenvalue weighted by Gasteiger charge is 2.11. The van der Waals surface area contributed by atoms with Crippen LogP contribution in [0.2, 0.25) is 11.1 Å². The fourth-order valence-electron chi connectivity index (χ4n) is 5.51. The van der Waals surface area contributed by atoms with Gasteiger partial charge in [0.25, 0.3) is 0 Å². The van der Waals surface area contributed by atoms with Crippen molar-refractivity contribution in [3.63, 3.8) is 0 Å². The molecule has 0 aliphatic heterocycles. The van der Waals surface area contributed by atoms with E-state index in [4.69, 9.17) is 8.85 Å². The molecule has 8 heteroatoms. The Labute approximate surface area is 272 Å². The maximum Gasteiger partial charge on any atom is 0.224 e. The smallest absolute Gasteiger partial charge is 0.224 e. The summed E-state index contributed by atoms with van der Waals surface area (Å²) in [5, 5.41) is 0. The quantitative estimate of drug-likeness (QED) is 0.103. The van der Waals surface area contributed by atoms with Gasteiger partial charge in [-0.25, -0.2) is 9.97 Å². The van der Waals surface area contributed by atoms with Gasteiger partial charge in [-0.1, -0.05) is 119 Å². The van der Waals surface area contributed by atoms with E-state index in [1.165, 1.54) is 77.0 Å². The molecule has 0 aromatic carbocycles. The average Bonchev–Trinajstić information content (AvgIpc) is 3.05. The second-order valence-electron chi connectivity index (χ2n) is 13.2. The molecule has 3 aromatic heterocycles. The lowest BCUT2D eigenvalue weighted by atomic mass is 9.98. The zero-order chi connectivity index (χ0) is 31.6. The molecule has 4 atom stereocenters. The molecular formula is C36H58N4O2Si2. The van der Waals surface area contributed by atoms with Gasteiger partial charge in [0.15, 0.2) is 11.8 Å². The first-order valence-corrected chi connectivity index (χ1v) is 20.2. The van der Waals surface area contributed by atoms with E-state index >= 15 is 0 Å². The van der Waals surface area contributed by atoms with Crippen molar-refractivity contribution in [2.45, 2.75) is 130 Å². The Balaban J connectivity index is 1.39. The number of pyridine rings is 2. The summed E-state index contributed by atoms with van der Waals surface area (Å²) in [5.41, 5.74) is 4.78. The molecule has 3 heterocycles. The van der Waals surface area contributed by atoms with Gasteiger partial charge in [0.2, 0.25) is 19.5 Å². The average molecular weight is 635 g/mol. The first kappa shape index (κ1) is 35.9. The molecule has 0 aliphatic carbocycles. The molecule has 0 amide bonds. The molecule has 0 aliphatic rings. The Morgan fingerprint density at radius 1 is 0.523 bits per heavy atom. The molecule has 0 radical (unpaired) electrons. The van der Waals surface area contributed by atoms with Gasteiger partial charge in [-0.05, 0) is 47.2 Å². The first-order chi connectivity index (χ1) is 21.4. The van der Waals surface area contributed by atoms with Crippen LogP contribution in [0.4, 0.5) is 0 Å². The molecule has 0 saturated heterocycles. The molecule has 4 unspecified atom stereocenters. The van der Waals surface area contributed by atoms with Gasteiger partial charge in [-0.2, -0.15) is 0 Å².